The van der Waals surface area contributed by atoms with Crippen molar-refractivity contribution < 1.29 is 37.8 Å². The molecule has 2 fully saturated rings. The van der Waals surface area contributed by atoms with Crippen molar-refractivity contribution in [2.75, 3.05) is 62.4 Å². The second-order valence-corrected chi connectivity index (χ2v) is 10.3. The summed E-state index contributed by atoms with van der Waals surface area (Å²) in [6.45, 7) is 3.58. The molecule has 0 radical (unpaired) electrons. The van der Waals surface area contributed by atoms with E-state index >= 15 is 0 Å². The van der Waals surface area contributed by atoms with Gasteiger partial charge >= 0.3 is 6.18 Å². The highest BCUT2D eigenvalue weighted by Gasteiger charge is 2.35. The number of piperazine rings is 1. The van der Waals surface area contributed by atoms with Crippen LogP contribution in [0.4, 0.5) is 30.2 Å². The Morgan fingerprint density at radius 1 is 0.975 bits per heavy atom. The Hall–Kier alpha value is -3.00. The first-order valence-electron chi connectivity index (χ1n) is 13.1. The summed E-state index contributed by atoms with van der Waals surface area (Å²) in [5.41, 5.74) is -0.513. The molecule has 0 atom stereocenters. The predicted molar refractivity (Wildman–Crippen MR) is 149 cm³/mol. The van der Waals surface area contributed by atoms with Crippen LogP contribution in [0.2, 0.25) is 0 Å². The summed E-state index contributed by atoms with van der Waals surface area (Å²) >= 11 is 5.65. The van der Waals surface area contributed by atoms with Gasteiger partial charge in [-0.25, -0.2) is 0 Å². The van der Waals surface area contributed by atoms with Crippen molar-refractivity contribution >= 4 is 34.3 Å². The lowest BCUT2D eigenvalue weighted by molar-refractivity contribution is -0.138. The van der Waals surface area contributed by atoms with Crippen LogP contribution in [0.25, 0.3) is 0 Å². The first kappa shape index (κ1) is 30.0. The number of rotatable bonds is 9. The van der Waals surface area contributed by atoms with Gasteiger partial charge in [-0.05, 0) is 56.0 Å². The molecular formula is C27H35F3N4O5S. The lowest BCUT2D eigenvalue weighted by atomic mass is 9.92. The van der Waals surface area contributed by atoms with E-state index in [1.165, 1.54) is 6.07 Å². The summed E-state index contributed by atoms with van der Waals surface area (Å²) in [5, 5.41) is 20.8. The van der Waals surface area contributed by atoms with Gasteiger partial charge in [0.15, 0.2) is 11.5 Å². The van der Waals surface area contributed by atoms with Crippen LogP contribution in [0.3, 0.4) is 0 Å². The molecule has 0 amide bonds. The van der Waals surface area contributed by atoms with Gasteiger partial charge in [-0.2, -0.15) is 13.2 Å². The van der Waals surface area contributed by atoms with E-state index in [2.05, 4.69) is 15.1 Å². The molecule has 1 heterocycles. The zero-order valence-corrected chi connectivity index (χ0v) is 23.3. The van der Waals surface area contributed by atoms with E-state index in [-0.39, 0.29) is 17.8 Å². The van der Waals surface area contributed by atoms with E-state index in [9.17, 15) is 13.2 Å². The number of alkyl halides is 3. The zero-order chi connectivity index (χ0) is 28.9. The molecule has 0 bridgehead atoms. The van der Waals surface area contributed by atoms with Crippen molar-refractivity contribution in [2.24, 2.45) is 0 Å². The maximum absolute atomic E-state index is 13.3. The minimum atomic E-state index is -4.73. The van der Waals surface area contributed by atoms with Crippen molar-refractivity contribution in [3.8, 4) is 11.5 Å². The van der Waals surface area contributed by atoms with Crippen LogP contribution in [-0.2, 0) is 10.9 Å². The molecule has 2 aromatic carbocycles. The topological polar surface area (TPSA) is 89.9 Å². The number of ether oxygens (including phenoxy) is 3. The summed E-state index contributed by atoms with van der Waals surface area (Å²) in [6.07, 6.45) is -1.70. The summed E-state index contributed by atoms with van der Waals surface area (Å²) in [6, 6.07) is 9.20. The molecule has 1 aliphatic heterocycles. The summed E-state index contributed by atoms with van der Waals surface area (Å²) < 4.78 is 56.9. The Bertz CT molecular complexity index is 1150. The number of nitrogens with one attached hydrogen (secondary N) is 1. The molecule has 2 aromatic rings. The smallest absolute Gasteiger partial charge is 0.418 e. The quantitative estimate of drug-likeness (QED) is 0.270. The van der Waals surface area contributed by atoms with Gasteiger partial charge in [-0.3, -0.25) is 10.4 Å². The van der Waals surface area contributed by atoms with Gasteiger partial charge < -0.3 is 29.3 Å². The van der Waals surface area contributed by atoms with Gasteiger partial charge in [0.2, 0.25) is 0 Å². The maximum Gasteiger partial charge on any atom is 0.418 e. The molecule has 9 nitrogen and oxygen atoms in total. The third kappa shape index (κ3) is 7.39. The van der Waals surface area contributed by atoms with Crippen molar-refractivity contribution in [3.05, 3.63) is 42.0 Å². The fourth-order valence-corrected chi connectivity index (χ4v) is 5.40. The monoisotopic (exact) mass is 584 g/mol. The van der Waals surface area contributed by atoms with Crippen molar-refractivity contribution in [1.29, 1.82) is 0 Å². The van der Waals surface area contributed by atoms with Gasteiger partial charge in [-0.1, -0.05) is 12.2 Å². The SMILES string of the molecule is COc1ccc(N2CCN(C(=S)COC3CCC(Nc4ccc(N(O)O)c(C(F)(F)F)c4)CC3)CC2)cc1OC. The lowest BCUT2D eigenvalue weighted by Crippen LogP contribution is -2.49. The van der Waals surface area contributed by atoms with Crippen molar-refractivity contribution in [2.45, 2.75) is 44.0 Å². The Labute approximate surface area is 236 Å². The Balaban J connectivity index is 1.20. The van der Waals surface area contributed by atoms with E-state index in [1.807, 2.05) is 18.2 Å². The third-order valence-electron chi connectivity index (χ3n) is 7.37. The number of hydrogen-bond donors (Lipinski definition) is 3. The van der Waals surface area contributed by atoms with Crippen LogP contribution < -0.4 is 24.9 Å². The van der Waals surface area contributed by atoms with Crippen molar-refractivity contribution in [1.82, 2.24) is 4.90 Å². The van der Waals surface area contributed by atoms with Gasteiger partial charge in [0.05, 0.1) is 32.5 Å². The van der Waals surface area contributed by atoms with E-state index in [1.54, 1.807) is 14.2 Å². The Morgan fingerprint density at radius 2 is 1.65 bits per heavy atom. The number of thiocarbonyl (C=S) groups is 1. The maximum atomic E-state index is 13.3. The van der Waals surface area contributed by atoms with Crippen LogP contribution in [0.15, 0.2) is 36.4 Å². The summed E-state index contributed by atoms with van der Waals surface area (Å²) in [5.74, 6) is 1.39. The second-order valence-electron chi connectivity index (χ2n) is 9.86. The highest BCUT2D eigenvalue weighted by atomic mass is 32.1. The minimum Gasteiger partial charge on any atom is -0.493 e. The average molecular weight is 585 g/mol. The molecule has 0 aromatic heterocycles. The van der Waals surface area contributed by atoms with E-state index < -0.39 is 22.7 Å². The number of nitrogens with zero attached hydrogens (tertiary/aromatic N) is 3. The molecule has 1 aliphatic carbocycles. The molecule has 4 rings (SSSR count). The zero-order valence-electron chi connectivity index (χ0n) is 22.5. The number of hydrogen-bond acceptors (Lipinski definition) is 9. The van der Waals surface area contributed by atoms with Gasteiger partial charge in [0.25, 0.3) is 0 Å². The number of anilines is 3. The molecule has 1 saturated carbocycles. The Morgan fingerprint density at radius 3 is 2.25 bits per heavy atom. The molecule has 0 unspecified atom stereocenters. The van der Waals surface area contributed by atoms with Crippen LogP contribution in [0.1, 0.15) is 31.2 Å². The molecule has 13 heteroatoms. The van der Waals surface area contributed by atoms with E-state index in [4.69, 9.17) is 36.8 Å². The van der Waals surface area contributed by atoms with Crippen LogP contribution in [0, 0.1) is 0 Å². The highest BCUT2D eigenvalue weighted by Crippen LogP contribution is 2.38. The molecule has 220 valence electrons. The molecule has 40 heavy (non-hydrogen) atoms. The molecule has 1 saturated heterocycles. The van der Waals surface area contributed by atoms with Gasteiger partial charge in [-0.15, -0.1) is 5.23 Å². The van der Waals surface area contributed by atoms with E-state index in [0.29, 0.717) is 18.1 Å². The normalized spacial score (nSPS) is 19.8. The van der Waals surface area contributed by atoms with Crippen molar-refractivity contribution in [3.63, 3.8) is 0 Å². The molecule has 2 aliphatic rings. The fourth-order valence-electron chi connectivity index (χ4n) is 5.15. The first-order chi connectivity index (χ1) is 19.1. The highest BCUT2D eigenvalue weighted by molar-refractivity contribution is 7.80. The summed E-state index contributed by atoms with van der Waals surface area (Å²) in [4.78, 5) is 5.22. The molecule has 0 spiro atoms. The predicted octanol–water partition coefficient (Wildman–Crippen LogP) is 5.20. The number of benzene rings is 2. The van der Waals surface area contributed by atoms with Gasteiger partial charge in [0, 0.05) is 49.7 Å². The van der Waals surface area contributed by atoms with Crippen LogP contribution in [-0.4, -0.2) is 79.5 Å². The molecule has 3 N–H and O–H groups in total. The number of methoxy groups -OCH3 is 2. The Kier molecular flexibility index (Phi) is 9.82. The first-order valence-corrected chi connectivity index (χ1v) is 13.5. The van der Waals surface area contributed by atoms with Crippen LogP contribution >= 0.6 is 12.2 Å². The lowest BCUT2D eigenvalue weighted by Gasteiger charge is -2.38. The summed E-state index contributed by atoms with van der Waals surface area (Å²) in [7, 11) is 3.24. The standard InChI is InChI=1S/C27H35F3N4O5S/c1-37-24-10-6-20(16-25(24)38-2)32-11-13-33(14-12-32)26(40)17-39-21-7-3-18(4-8-21)31-19-5-9-23(34(35)36)22(15-19)27(28,29)30/h5-6,9-10,15-16,18,21,31,35-36H,3-4,7-8,11-14,17H2,1-2H3. The second kappa shape index (κ2) is 13.1. The minimum absolute atomic E-state index is 0.0113. The average Bonchev–Trinajstić information content (AvgIpc) is 2.95. The van der Waals surface area contributed by atoms with Gasteiger partial charge in [0.1, 0.15) is 10.7 Å². The van der Waals surface area contributed by atoms with E-state index in [0.717, 1.165) is 74.7 Å². The number of halogens is 3. The fraction of sp³-hybridized carbons (Fsp3) is 0.519. The van der Waals surface area contributed by atoms with Crippen LogP contribution in [0.5, 0.6) is 11.5 Å². The largest absolute Gasteiger partial charge is 0.493 e. The molecular weight excluding hydrogens is 549 g/mol. The third-order valence-corrected chi connectivity index (χ3v) is 7.75.